The van der Waals surface area contributed by atoms with Crippen LogP contribution < -0.4 is 10.6 Å². The van der Waals surface area contributed by atoms with E-state index in [0.29, 0.717) is 35.7 Å². The van der Waals surface area contributed by atoms with Crippen molar-refractivity contribution in [2.24, 2.45) is 5.92 Å². The number of fused-ring (bicyclic) bond motifs is 1. The van der Waals surface area contributed by atoms with Crippen LogP contribution in [0.25, 0.3) is 5.65 Å². The number of imidazole rings is 1. The van der Waals surface area contributed by atoms with E-state index in [1.165, 1.54) is 16.6 Å². The Kier molecular flexibility index (Phi) is 7.59. The van der Waals surface area contributed by atoms with E-state index in [-0.39, 0.29) is 24.1 Å². The normalized spacial score (nSPS) is 18.3. The highest BCUT2D eigenvalue weighted by Crippen LogP contribution is 2.34. The summed E-state index contributed by atoms with van der Waals surface area (Å²) in [5.74, 6) is -5.22. The van der Waals surface area contributed by atoms with Gasteiger partial charge < -0.3 is 10.6 Å². The lowest BCUT2D eigenvalue weighted by atomic mass is 9.87. The summed E-state index contributed by atoms with van der Waals surface area (Å²) < 4.78 is 44.6. The van der Waals surface area contributed by atoms with E-state index in [9.17, 15) is 22.8 Å². The second-order valence-electron chi connectivity index (χ2n) is 10.0. The molecule has 0 spiro atoms. The predicted molar refractivity (Wildman–Crippen MR) is 140 cm³/mol. The van der Waals surface area contributed by atoms with Crippen LogP contribution in [0.5, 0.6) is 0 Å². The quantitative estimate of drug-likeness (QED) is 0.325. The van der Waals surface area contributed by atoms with Crippen LogP contribution in [0.3, 0.4) is 0 Å². The average molecular weight is 554 g/mol. The van der Waals surface area contributed by atoms with Crippen LogP contribution >= 0.6 is 0 Å². The number of nitrogens with zero attached hydrogens (tertiary/aromatic N) is 5. The maximum Gasteiger partial charge on any atom is 0.270 e. The Morgan fingerprint density at radius 2 is 1.95 bits per heavy atom. The van der Waals surface area contributed by atoms with E-state index < -0.39 is 36.8 Å². The van der Waals surface area contributed by atoms with Crippen molar-refractivity contribution >= 4 is 17.5 Å². The molecule has 1 fully saturated rings. The number of nitrogens with one attached hydrogen (secondary N) is 2. The molecule has 1 aliphatic rings. The molecule has 210 valence electrons. The molecule has 4 heterocycles. The summed E-state index contributed by atoms with van der Waals surface area (Å²) in [6, 6.07) is 10.5. The maximum atomic E-state index is 13.9. The molecule has 3 aromatic heterocycles. The van der Waals surface area contributed by atoms with Gasteiger partial charge in [0.1, 0.15) is 11.5 Å². The SMILES string of the molecule is CCC(c1ccc(F)cc1)C(NC(=O)c1ccnn1CC)c1cn2nc(CC3CC(F)(F)CNC3=O)ccc2n1. The van der Waals surface area contributed by atoms with Crippen LogP contribution in [-0.2, 0) is 17.8 Å². The maximum absolute atomic E-state index is 13.9. The number of alkyl halides is 2. The van der Waals surface area contributed by atoms with Crippen molar-refractivity contribution < 1.29 is 22.8 Å². The van der Waals surface area contributed by atoms with Gasteiger partial charge in [-0.25, -0.2) is 22.7 Å². The smallest absolute Gasteiger partial charge is 0.270 e. The Hall–Kier alpha value is -4.22. The van der Waals surface area contributed by atoms with Gasteiger partial charge in [0.15, 0.2) is 5.65 Å². The Bertz CT molecular complexity index is 1520. The van der Waals surface area contributed by atoms with Gasteiger partial charge in [0.05, 0.1) is 30.2 Å². The molecule has 0 aliphatic carbocycles. The van der Waals surface area contributed by atoms with Crippen molar-refractivity contribution in [1.82, 2.24) is 35.0 Å². The summed E-state index contributed by atoms with van der Waals surface area (Å²) >= 11 is 0. The van der Waals surface area contributed by atoms with E-state index in [1.807, 2.05) is 13.8 Å². The highest BCUT2D eigenvalue weighted by Gasteiger charge is 2.41. The minimum atomic E-state index is -2.96. The number of benzene rings is 1. The monoisotopic (exact) mass is 553 g/mol. The average Bonchev–Trinajstić information content (AvgIpc) is 3.58. The van der Waals surface area contributed by atoms with Gasteiger partial charge in [0, 0.05) is 37.4 Å². The molecule has 12 heteroatoms. The first-order valence-electron chi connectivity index (χ1n) is 13.3. The van der Waals surface area contributed by atoms with Crippen molar-refractivity contribution in [3.63, 3.8) is 0 Å². The van der Waals surface area contributed by atoms with E-state index in [4.69, 9.17) is 4.98 Å². The fraction of sp³-hybridized carbons (Fsp3) is 0.393. The summed E-state index contributed by atoms with van der Waals surface area (Å²) in [5, 5.41) is 14.1. The zero-order valence-corrected chi connectivity index (χ0v) is 22.2. The Morgan fingerprint density at radius 3 is 2.67 bits per heavy atom. The van der Waals surface area contributed by atoms with Crippen molar-refractivity contribution in [3.8, 4) is 0 Å². The van der Waals surface area contributed by atoms with Crippen molar-refractivity contribution in [2.45, 2.75) is 57.5 Å². The van der Waals surface area contributed by atoms with Crippen molar-refractivity contribution in [3.05, 3.63) is 83.3 Å². The van der Waals surface area contributed by atoms with Gasteiger partial charge in [-0.15, -0.1) is 0 Å². The van der Waals surface area contributed by atoms with Crippen LogP contribution in [0.1, 0.15) is 66.1 Å². The largest absolute Gasteiger partial charge is 0.350 e. The molecular weight excluding hydrogens is 523 g/mol. The summed E-state index contributed by atoms with van der Waals surface area (Å²) in [6.45, 7) is 3.72. The first-order chi connectivity index (χ1) is 19.2. The van der Waals surface area contributed by atoms with Crippen LogP contribution in [0.15, 0.2) is 54.9 Å². The first-order valence-corrected chi connectivity index (χ1v) is 13.3. The molecule has 0 bridgehead atoms. The summed E-state index contributed by atoms with van der Waals surface area (Å²) in [7, 11) is 0. The highest BCUT2D eigenvalue weighted by molar-refractivity contribution is 5.92. The number of carbonyl (C=O) groups excluding carboxylic acids is 2. The highest BCUT2D eigenvalue weighted by atomic mass is 19.3. The summed E-state index contributed by atoms with van der Waals surface area (Å²) in [5.41, 5.74) is 2.70. The lowest BCUT2D eigenvalue weighted by Crippen LogP contribution is -2.48. The zero-order valence-electron chi connectivity index (χ0n) is 22.2. The molecule has 0 saturated carbocycles. The number of halogens is 3. The number of piperidine rings is 1. The van der Waals surface area contributed by atoms with Gasteiger partial charge in [-0.1, -0.05) is 19.1 Å². The van der Waals surface area contributed by atoms with Crippen LogP contribution in [-0.4, -0.2) is 48.7 Å². The number of rotatable bonds is 9. The molecular formula is C28H30F3N7O2. The second kappa shape index (κ2) is 11.1. The third kappa shape index (κ3) is 5.70. The lowest BCUT2D eigenvalue weighted by molar-refractivity contribution is -0.136. The molecule has 9 nitrogen and oxygen atoms in total. The summed E-state index contributed by atoms with van der Waals surface area (Å²) in [4.78, 5) is 30.3. The molecule has 0 radical (unpaired) electrons. The third-order valence-corrected chi connectivity index (χ3v) is 7.28. The summed E-state index contributed by atoms with van der Waals surface area (Å²) in [6.07, 6.45) is 3.37. The van der Waals surface area contributed by atoms with E-state index in [2.05, 4.69) is 20.8 Å². The van der Waals surface area contributed by atoms with E-state index in [0.717, 1.165) is 5.56 Å². The topological polar surface area (TPSA) is 106 Å². The first kappa shape index (κ1) is 27.4. The molecule has 2 N–H and O–H groups in total. The van der Waals surface area contributed by atoms with Crippen LogP contribution in [0.4, 0.5) is 13.2 Å². The molecule has 3 unspecified atom stereocenters. The molecule has 1 aromatic carbocycles. The lowest BCUT2D eigenvalue weighted by Gasteiger charge is -2.28. The van der Waals surface area contributed by atoms with Crippen molar-refractivity contribution in [1.29, 1.82) is 0 Å². The number of hydrogen-bond acceptors (Lipinski definition) is 5. The minimum Gasteiger partial charge on any atom is -0.350 e. The molecule has 3 atom stereocenters. The number of carbonyl (C=O) groups is 2. The zero-order chi connectivity index (χ0) is 28.4. The van der Waals surface area contributed by atoms with Gasteiger partial charge in [-0.2, -0.15) is 10.2 Å². The molecule has 40 heavy (non-hydrogen) atoms. The second-order valence-corrected chi connectivity index (χ2v) is 10.0. The van der Waals surface area contributed by atoms with E-state index >= 15 is 0 Å². The van der Waals surface area contributed by atoms with Gasteiger partial charge in [-0.3, -0.25) is 14.3 Å². The third-order valence-electron chi connectivity index (χ3n) is 7.28. The van der Waals surface area contributed by atoms with Gasteiger partial charge in [-0.05, 0) is 49.2 Å². The Morgan fingerprint density at radius 1 is 1.18 bits per heavy atom. The van der Waals surface area contributed by atoms with E-state index in [1.54, 1.807) is 47.4 Å². The number of hydrogen-bond donors (Lipinski definition) is 2. The predicted octanol–water partition coefficient (Wildman–Crippen LogP) is 4.06. The number of aryl methyl sites for hydroxylation is 1. The fourth-order valence-corrected chi connectivity index (χ4v) is 5.25. The van der Waals surface area contributed by atoms with Crippen LogP contribution in [0, 0.1) is 11.7 Å². The number of aromatic nitrogens is 5. The molecule has 2 amide bonds. The minimum absolute atomic E-state index is 0.0548. The molecule has 1 saturated heterocycles. The molecule has 4 aromatic rings. The van der Waals surface area contributed by atoms with Gasteiger partial charge in [0.25, 0.3) is 11.8 Å². The fourth-order valence-electron chi connectivity index (χ4n) is 5.25. The standard InChI is InChI=1S/C28H30F3N7O2/c1-3-21(17-5-7-19(29)8-6-17)25(35-27(40)23-11-12-33-37(23)4-2)22-15-38-24(34-22)10-9-20(36-38)13-18-14-28(30,31)16-32-26(18)39/h5-12,15,18,21,25H,3-4,13-14,16H2,1-2H3,(H,32,39)(H,35,40). The Labute approximate surface area is 228 Å². The molecule has 1 aliphatic heterocycles. The molecule has 5 rings (SSSR count). The van der Waals surface area contributed by atoms with Crippen molar-refractivity contribution in [2.75, 3.05) is 6.54 Å². The Balaban J connectivity index is 1.48. The number of amides is 2. The van der Waals surface area contributed by atoms with Crippen LogP contribution in [0.2, 0.25) is 0 Å². The van der Waals surface area contributed by atoms with Gasteiger partial charge >= 0.3 is 0 Å². The van der Waals surface area contributed by atoms with Gasteiger partial charge in [0.2, 0.25) is 5.91 Å².